The molecule has 4 nitrogen and oxygen atoms in total. The zero-order valence-corrected chi connectivity index (χ0v) is 15.3. The fraction of sp³-hybridized carbons (Fsp3) is 0.263. The van der Waals surface area contributed by atoms with Crippen LogP contribution in [0, 0.1) is 0 Å². The number of amides is 1. The lowest BCUT2D eigenvalue weighted by atomic mass is 10.1. The molecule has 0 radical (unpaired) electrons. The van der Waals surface area contributed by atoms with Crippen LogP contribution in [0.1, 0.15) is 12.5 Å². The molecule has 0 saturated heterocycles. The monoisotopic (exact) mass is 375 g/mol. The van der Waals surface area contributed by atoms with E-state index >= 15 is 0 Å². The second-order valence-corrected chi connectivity index (χ2v) is 7.25. The Labute approximate surface area is 156 Å². The van der Waals surface area contributed by atoms with Crippen molar-refractivity contribution in [3.05, 3.63) is 59.1 Å². The Morgan fingerprint density at radius 1 is 1.20 bits per heavy atom. The Morgan fingerprint density at radius 2 is 1.92 bits per heavy atom. The van der Waals surface area contributed by atoms with Crippen molar-refractivity contribution in [1.29, 1.82) is 0 Å². The van der Waals surface area contributed by atoms with Gasteiger partial charge in [0.15, 0.2) is 6.61 Å². The number of carbonyl (C=O) groups excluding carboxylic acids is 2. The van der Waals surface area contributed by atoms with Crippen LogP contribution >= 0.6 is 23.4 Å². The van der Waals surface area contributed by atoms with Gasteiger partial charge in [0.05, 0.1) is 10.8 Å². The summed E-state index contributed by atoms with van der Waals surface area (Å²) in [4.78, 5) is 26.9. The van der Waals surface area contributed by atoms with Gasteiger partial charge in [-0.3, -0.25) is 9.59 Å². The molecule has 1 amide bonds. The molecule has 1 heterocycles. The number of hydrogen-bond acceptors (Lipinski definition) is 4. The number of nitrogens with zero attached hydrogens (tertiary/aromatic N) is 1. The third-order valence-electron chi connectivity index (χ3n) is 4.01. The van der Waals surface area contributed by atoms with E-state index in [1.165, 1.54) is 11.8 Å². The molecule has 1 aliphatic heterocycles. The maximum absolute atomic E-state index is 12.5. The minimum absolute atomic E-state index is 0.0705. The van der Waals surface area contributed by atoms with Gasteiger partial charge in [-0.05, 0) is 37.1 Å². The first-order valence-corrected chi connectivity index (χ1v) is 9.35. The van der Waals surface area contributed by atoms with E-state index in [4.69, 9.17) is 16.3 Å². The number of anilines is 1. The summed E-state index contributed by atoms with van der Waals surface area (Å²) < 4.78 is 5.15. The predicted molar refractivity (Wildman–Crippen MR) is 100 cm³/mol. The van der Waals surface area contributed by atoms with Crippen LogP contribution in [0.25, 0.3) is 0 Å². The topological polar surface area (TPSA) is 46.6 Å². The molecular formula is C19H18ClNO3S. The van der Waals surface area contributed by atoms with E-state index < -0.39 is 5.97 Å². The molecule has 0 saturated carbocycles. The molecule has 2 aromatic carbocycles. The standard InChI is InChI=1S/C19H18ClNO3S/c1-13-10-14-6-2-4-8-16(14)21(13)18(22)11-24-19(23)12-25-17-9-5-3-7-15(17)20/h2-9,13H,10-12H2,1H3. The molecular weight excluding hydrogens is 358 g/mol. The van der Waals surface area contributed by atoms with Crippen molar-refractivity contribution >= 4 is 40.9 Å². The fourth-order valence-electron chi connectivity index (χ4n) is 2.90. The van der Waals surface area contributed by atoms with E-state index in [-0.39, 0.29) is 24.3 Å². The lowest BCUT2D eigenvalue weighted by Crippen LogP contribution is -2.38. The highest BCUT2D eigenvalue weighted by Gasteiger charge is 2.30. The fourth-order valence-corrected chi connectivity index (χ4v) is 3.93. The lowest BCUT2D eigenvalue weighted by molar-refractivity contribution is -0.145. The van der Waals surface area contributed by atoms with Crippen molar-refractivity contribution in [3.63, 3.8) is 0 Å². The molecule has 0 aromatic heterocycles. The summed E-state index contributed by atoms with van der Waals surface area (Å²) in [5.41, 5.74) is 2.05. The van der Waals surface area contributed by atoms with Gasteiger partial charge in [-0.25, -0.2) is 0 Å². The van der Waals surface area contributed by atoms with Crippen molar-refractivity contribution in [3.8, 4) is 0 Å². The van der Waals surface area contributed by atoms with E-state index in [1.807, 2.05) is 49.4 Å². The summed E-state index contributed by atoms with van der Waals surface area (Å²) in [6, 6.07) is 15.2. The molecule has 1 unspecified atom stereocenters. The van der Waals surface area contributed by atoms with Crippen molar-refractivity contribution in [2.75, 3.05) is 17.3 Å². The van der Waals surface area contributed by atoms with Gasteiger partial charge in [-0.2, -0.15) is 0 Å². The summed E-state index contributed by atoms with van der Waals surface area (Å²) in [6.45, 7) is 1.74. The number of ether oxygens (including phenoxy) is 1. The minimum atomic E-state index is -0.432. The van der Waals surface area contributed by atoms with Gasteiger partial charge in [-0.15, -0.1) is 11.8 Å². The third kappa shape index (κ3) is 4.17. The molecule has 1 atom stereocenters. The quantitative estimate of drug-likeness (QED) is 0.586. The Kier molecular flexibility index (Phi) is 5.66. The first-order chi connectivity index (χ1) is 12.1. The zero-order valence-electron chi connectivity index (χ0n) is 13.8. The lowest BCUT2D eigenvalue weighted by Gasteiger charge is -2.22. The summed E-state index contributed by atoms with van der Waals surface area (Å²) in [5.74, 6) is -0.518. The zero-order chi connectivity index (χ0) is 17.8. The van der Waals surface area contributed by atoms with Gasteiger partial charge in [0.1, 0.15) is 0 Å². The number of rotatable bonds is 5. The van der Waals surface area contributed by atoms with Crippen molar-refractivity contribution in [1.82, 2.24) is 0 Å². The van der Waals surface area contributed by atoms with Crippen LogP contribution in [0.2, 0.25) is 5.02 Å². The number of thioether (sulfide) groups is 1. The maximum Gasteiger partial charge on any atom is 0.316 e. The number of fused-ring (bicyclic) bond motifs is 1. The third-order valence-corrected chi connectivity index (χ3v) is 5.50. The average Bonchev–Trinajstić information content (AvgIpc) is 2.94. The summed E-state index contributed by atoms with van der Waals surface area (Å²) in [5, 5.41) is 0.596. The van der Waals surface area contributed by atoms with E-state index in [0.29, 0.717) is 5.02 Å². The van der Waals surface area contributed by atoms with Gasteiger partial charge in [0.2, 0.25) is 0 Å². The average molecular weight is 376 g/mol. The molecule has 130 valence electrons. The van der Waals surface area contributed by atoms with E-state index in [0.717, 1.165) is 22.6 Å². The predicted octanol–water partition coefficient (Wildman–Crippen LogP) is 3.95. The summed E-state index contributed by atoms with van der Waals surface area (Å²) in [6.07, 6.45) is 0.818. The molecule has 0 spiro atoms. The number of benzene rings is 2. The highest BCUT2D eigenvalue weighted by Crippen LogP contribution is 2.32. The maximum atomic E-state index is 12.5. The van der Waals surface area contributed by atoms with Crippen molar-refractivity contribution in [2.45, 2.75) is 24.3 Å². The molecule has 0 N–H and O–H groups in total. The molecule has 0 aliphatic carbocycles. The van der Waals surface area contributed by atoms with Gasteiger partial charge in [0.25, 0.3) is 5.91 Å². The highest BCUT2D eigenvalue weighted by molar-refractivity contribution is 8.00. The Bertz CT molecular complexity index is 796. The normalized spacial score (nSPS) is 15.8. The summed E-state index contributed by atoms with van der Waals surface area (Å²) >= 11 is 7.35. The number of esters is 1. The highest BCUT2D eigenvalue weighted by atomic mass is 35.5. The van der Waals surface area contributed by atoms with Crippen LogP contribution in [-0.4, -0.2) is 30.3 Å². The van der Waals surface area contributed by atoms with Gasteiger partial charge in [-0.1, -0.05) is 41.9 Å². The van der Waals surface area contributed by atoms with Gasteiger partial charge >= 0.3 is 5.97 Å². The SMILES string of the molecule is CC1Cc2ccccc2N1C(=O)COC(=O)CSc1ccccc1Cl. The molecule has 3 rings (SSSR count). The molecule has 6 heteroatoms. The first kappa shape index (κ1) is 17.8. The van der Waals surface area contributed by atoms with Crippen LogP contribution in [-0.2, 0) is 20.7 Å². The van der Waals surface area contributed by atoms with E-state index in [9.17, 15) is 9.59 Å². The largest absolute Gasteiger partial charge is 0.455 e. The molecule has 0 bridgehead atoms. The Morgan fingerprint density at radius 3 is 2.72 bits per heavy atom. The second kappa shape index (κ2) is 7.93. The molecule has 2 aromatic rings. The first-order valence-electron chi connectivity index (χ1n) is 7.99. The second-order valence-electron chi connectivity index (χ2n) is 5.83. The van der Waals surface area contributed by atoms with E-state index in [1.54, 1.807) is 11.0 Å². The summed E-state index contributed by atoms with van der Waals surface area (Å²) in [7, 11) is 0. The molecule has 0 fully saturated rings. The van der Waals surface area contributed by atoms with Crippen LogP contribution < -0.4 is 4.90 Å². The minimum Gasteiger partial charge on any atom is -0.455 e. The van der Waals surface area contributed by atoms with Crippen LogP contribution in [0.5, 0.6) is 0 Å². The number of halogens is 1. The van der Waals surface area contributed by atoms with E-state index in [2.05, 4.69) is 0 Å². The molecule has 25 heavy (non-hydrogen) atoms. The number of hydrogen-bond donors (Lipinski definition) is 0. The number of carbonyl (C=O) groups is 2. The van der Waals surface area contributed by atoms with Gasteiger partial charge in [0, 0.05) is 16.6 Å². The van der Waals surface area contributed by atoms with Crippen molar-refractivity contribution < 1.29 is 14.3 Å². The smallest absolute Gasteiger partial charge is 0.316 e. The van der Waals surface area contributed by atoms with Gasteiger partial charge < -0.3 is 9.64 Å². The Hall–Kier alpha value is -1.98. The molecule has 1 aliphatic rings. The van der Waals surface area contributed by atoms with Crippen LogP contribution in [0.4, 0.5) is 5.69 Å². The van der Waals surface area contributed by atoms with Crippen LogP contribution in [0.3, 0.4) is 0 Å². The van der Waals surface area contributed by atoms with Crippen molar-refractivity contribution in [2.24, 2.45) is 0 Å². The Balaban J connectivity index is 1.52. The number of para-hydroxylation sites is 1. The van der Waals surface area contributed by atoms with Crippen LogP contribution in [0.15, 0.2) is 53.4 Å².